The molecule has 118 valence electrons. The molecule has 21 heavy (non-hydrogen) atoms. The fourth-order valence-corrected chi connectivity index (χ4v) is 2.44. The minimum atomic E-state index is -0.334. The fourth-order valence-electron chi connectivity index (χ4n) is 2.44. The number of carbonyl (C=O) groups is 1. The minimum Gasteiger partial charge on any atom is -1.00 e. The predicted octanol–water partition coefficient (Wildman–Crippen LogP) is 0.167. The van der Waals surface area contributed by atoms with Crippen LogP contribution < -0.4 is 17.0 Å². The van der Waals surface area contributed by atoms with E-state index in [9.17, 15) is 4.79 Å². The Morgan fingerprint density at radius 1 is 1.24 bits per heavy atom. The highest BCUT2D eigenvalue weighted by atomic mass is 79.9. The van der Waals surface area contributed by atoms with Crippen LogP contribution in [-0.2, 0) is 16.1 Å². The van der Waals surface area contributed by atoms with E-state index < -0.39 is 0 Å². The number of benzene rings is 1. The fraction of sp³-hybridized carbons (Fsp3) is 0.471. The van der Waals surface area contributed by atoms with Crippen LogP contribution in [0.25, 0.3) is 0 Å². The topological polar surface area (TPSA) is 26.3 Å². The van der Waals surface area contributed by atoms with E-state index in [4.69, 9.17) is 4.74 Å². The van der Waals surface area contributed by atoms with Crippen LogP contribution in [0.1, 0.15) is 25.8 Å². The summed E-state index contributed by atoms with van der Waals surface area (Å²) in [6, 6.07) is 10.6. The van der Waals surface area contributed by atoms with Crippen molar-refractivity contribution in [3.63, 3.8) is 0 Å². The van der Waals surface area contributed by atoms with Crippen LogP contribution in [0.3, 0.4) is 0 Å². The zero-order valence-electron chi connectivity index (χ0n) is 13.1. The first-order valence-corrected chi connectivity index (χ1v) is 7.34. The van der Waals surface area contributed by atoms with Gasteiger partial charge in [0, 0.05) is 18.1 Å². The Labute approximate surface area is 139 Å². The van der Waals surface area contributed by atoms with Gasteiger partial charge in [-0.15, -0.1) is 0 Å². The monoisotopic (exact) mass is 355 g/mol. The molecule has 0 spiro atoms. The molecule has 0 bridgehead atoms. The lowest BCUT2D eigenvalue weighted by molar-refractivity contribution is -0.938. The Bertz CT molecular complexity index is 416. The number of hydrogen-bond donors (Lipinski definition) is 0. The highest BCUT2D eigenvalue weighted by molar-refractivity contribution is 5.81. The molecule has 0 aliphatic heterocycles. The van der Waals surface area contributed by atoms with Gasteiger partial charge in [0.2, 0.25) is 0 Å². The lowest BCUT2D eigenvalue weighted by Crippen LogP contribution is -3.00. The Hall–Kier alpha value is -1.13. The summed E-state index contributed by atoms with van der Waals surface area (Å²) in [5, 5.41) is 0. The molecule has 0 fully saturated rings. The summed E-state index contributed by atoms with van der Waals surface area (Å²) in [6.45, 7) is 12.5. The maximum absolute atomic E-state index is 11.0. The molecule has 1 aromatic rings. The van der Waals surface area contributed by atoms with Crippen LogP contribution in [0.5, 0.6) is 0 Å². The van der Waals surface area contributed by atoms with Gasteiger partial charge in [-0.3, -0.25) is 0 Å². The van der Waals surface area contributed by atoms with Gasteiger partial charge in [0.1, 0.15) is 6.54 Å². The molecule has 1 rings (SSSR count). The quantitative estimate of drug-likeness (QED) is 0.273. The van der Waals surface area contributed by atoms with Crippen LogP contribution in [0.2, 0.25) is 0 Å². The second-order valence-electron chi connectivity index (χ2n) is 5.07. The molecule has 0 heterocycles. The van der Waals surface area contributed by atoms with Gasteiger partial charge in [-0.1, -0.05) is 36.9 Å². The van der Waals surface area contributed by atoms with Crippen molar-refractivity contribution >= 4 is 5.97 Å². The molecular weight excluding hydrogens is 330 g/mol. The average molecular weight is 356 g/mol. The van der Waals surface area contributed by atoms with Gasteiger partial charge in [-0.2, -0.15) is 0 Å². The molecule has 4 heteroatoms. The largest absolute Gasteiger partial charge is 1.00 e. The second kappa shape index (κ2) is 10.6. The summed E-state index contributed by atoms with van der Waals surface area (Å²) < 4.78 is 6.08. The van der Waals surface area contributed by atoms with E-state index in [-0.39, 0.29) is 23.0 Å². The van der Waals surface area contributed by atoms with Crippen molar-refractivity contribution in [2.24, 2.45) is 0 Å². The molecule has 0 saturated carbocycles. The van der Waals surface area contributed by atoms with Crippen molar-refractivity contribution in [1.82, 2.24) is 0 Å². The average Bonchev–Trinajstić information content (AvgIpc) is 2.51. The van der Waals surface area contributed by atoms with E-state index in [0.29, 0.717) is 6.61 Å². The number of quaternary nitrogens is 1. The lowest BCUT2D eigenvalue weighted by Gasteiger charge is -2.37. The molecule has 0 unspecified atom stereocenters. The number of hydrogen-bond acceptors (Lipinski definition) is 2. The molecular formula is C17H26BrNO2. The number of esters is 1. The van der Waals surface area contributed by atoms with Crippen LogP contribution in [0, 0.1) is 0 Å². The number of halogens is 1. The first kappa shape index (κ1) is 19.9. The SMILES string of the molecule is C=CC(=O)OCCC[N+](CC)(CC)Cc1ccccc1.[Br-]. The maximum atomic E-state index is 11.0. The van der Waals surface area contributed by atoms with Gasteiger partial charge in [0.15, 0.2) is 0 Å². The van der Waals surface area contributed by atoms with Crippen molar-refractivity contribution < 1.29 is 31.0 Å². The predicted molar refractivity (Wildman–Crippen MR) is 82.1 cm³/mol. The Morgan fingerprint density at radius 2 is 1.86 bits per heavy atom. The molecule has 0 atom stereocenters. The van der Waals surface area contributed by atoms with Gasteiger partial charge in [0.05, 0.1) is 26.2 Å². The number of carbonyl (C=O) groups excluding carboxylic acids is 1. The minimum absolute atomic E-state index is 0. The maximum Gasteiger partial charge on any atom is 0.330 e. The van der Waals surface area contributed by atoms with Gasteiger partial charge < -0.3 is 26.2 Å². The van der Waals surface area contributed by atoms with Crippen LogP contribution in [0.4, 0.5) is 0 Å². The highest BCUT2D eigenvalue weighted by Gasteiger charge is 2.23. The van der Waals surface area contributed by atoms with Crippen molar-refractivity contribution in [3.05, 3.63) is 48.6 Å². The van der Waals surface area contributed by atoms with Gasteiger partial charge in [-0.25, -0.2) is 4.79 Å². The Kier molecular flexibility index (Phi) is 10.0. The Morgan fingerprint density at radius 3 is 2.38 bits per heavy atom. The van der Waals surface area contributed by atoms with E-state index in [1.807, 2.05) is 6.07 Å². The van der Waals surface area contributed by atoms with Gasteiger partial charge in [0.25, 0.3) is 0 Å². The second-order valence-corrected chi connectivity index (χ2v) is 5.07. The van der Waals surface area contributed by atoms with E-state index in [0.717, 1.165) is 37.1 Å². The third-order valence-electron chi connectivity index (χ3n) is 3.89. The molecule has 0 aromatic heterocycles. The number of ether oxygens (including phenoxy) is 1. The van der Waals surface area contributed by atoms with Gasteiger partial charge >= 0.3 is 5.97 Å². The molecule has 0 radical (unpaired) electrons. The molecule has 1 aromatic carbocycles. The van der Waals surface area contributed by atoms with E-state index in [2.05, 4.69) is 44.7 Å². The summed E-state index contributed by atoms with van der Waals surface area (Å²) in [5.41, 5.74) is 1.36. The third kappa shape index (κ3) is 6.91. The Balaban J connectivity index is 0.00000400. The standard InChI is InChI=1S/C17H26NO2.BrH/c1-4-17(19)20-14-10-13-18(5-2,6-3)15-16-11-8-7-9-12-16;/h4,7-9,11-12H,1,5-6,10,13-15H2,2-3H3;1H/q+1;/p-1. The summed E-state index contributed by atoms with van der Waals surface area (Å²) in [6.07, 6.45) is 2.10. The summed E-state index contributed by atoms with van der Waals surface area (Å²) in [5.74, 6) is -0.334. The molecule has 0 aliphatic rings. The van der Waals surface area contributed by atoms with Crippen LogP contribution >= 0.6 is 0 Å². The van der Waals surface area contributed by atoms with E-state index in [1.54, 1.807) is 0 Å². The van der Waals surface area contributed by atoms with Crippen molar-refractivity contribution in [3.8, 4) is 0 Å². The number of nitrogens with zero attached hydrogens (tertiary/aromatic N) is 1. The van der Waals surface area contributed by atoms with Crippen molar-refractivity contribution in [2.45, 2.75) is 26.8 Å². The molecule has 3 nitrogen and oxygen atoms in total. The summed E-state index contributed by atoms with van der Waals surface area (Å²) >= 11 is 0. The summed E-state index contributed by atoms with van der Waals surface area (Å²) in [7, 11) is 0. The molecule has 0 saturated heterocycles. The summed E-state index contributed by atoms with van der Waals surface area (Å²) in [4.78, 5) is 11.0. The van der Waals surface area contributed by atoms with E-state index in [1.165, 1.54) is 11.6 Å². The lowest BCUT2D eigenvalue weighted by atomic mass is 10.1. The highest BCUT2D eigenvalue weighted by Crippen LogP contribution is 2.15. The molecule has 0 amide bonds. The van der Waals surface area contributed by atoms with E-state index >= 15 is 0 Å². The van der Waals surface area contributed by atoms with Crippen LogP contribution in [0.15, 0.2) is 43.0 Å². The molecule has 0 aliphatic carbocycles. The zero-order chi connectivity index (χ0) is 14.8. The smallest absolute Gasteiger partial charge is 0.330 e. The third-order valence-corrected chi connectivity index (χ3v) is 3.89. The first-order valence-electron chi connectivity index (χ1n) is 7.34. The first-order chi connectivity index (χ1) is 9.65. The molecule has 0 N–H and O–H groups in total. The normalized spacial score (nSPS) is 10.6. The van der Waals surface area contributed by atoms with Crippen molar-refractivity contribution in [1.29, 1.82) is 0 Å². The number of rotatable bonds is 9. The van der Waals surface area contributed by atoms with Crippen LogP contribution in [-0.4, -0.2) is 36.7 Å². The zero-order valence-corrected chi connectivity index (χ0v) is 14.6. The van der Waals surface area contributed by atoms with Crippen molar-refractivity contribution in [2.75, 3.05) is 26.2 Å². The van der Waals surface area contributed by atoms with Gasteiger partial charge in [-0.05, 0) is 13.8 Å².